The first-order valence-corrected chi connectivity index (χ1v) is 5.39. The minimum absolute atomic E-state index is 0.107. The molecule has 0 saturated carbocycles. The molecule has 15 heavy (non-hydrogen) atoms. The van der Waals surface area contributed by atoms with Crippen LogP contribution in [0.4, 0.5) is 0 Å². The summed E-state index contributed by atoms with van der Waals surface area (Å²) in [6.07, 6.45) is 0.107. The van der Waals surface area contributed by atoms with Gasteiger partial charge in [-0.2, -0.15) is 0 Å². The number of ether oxygens (including phenoxy) is 1. The molecule has 0 heterocycles. The van der Waals surface area contributed by atoms with Gasteiger partial charge >= 0.3 is 0 Å². The van der Waals surface area contributed by atoms with Gasteiger partial charge in [0.2, 0.25) is 0 Å². The Morgan fingerprint density at radius 3 is 2.67 bits per heavy atom. The van der Waals surface area contributed by atoms with Crippen LogP contribution in [0.3, 0.4) is 0 Å². The van der Waals surface area contributed by atoms with Gasteiger partial charge in [0, 0.05) is 5.02 Å². The van der Waals surface area contributed by atoms with Crippen molar-refractivity contribution >= 4 is 11.6 Å². The van der Waals surface area contributed by atoms with Crippen LogP contribution in [-0.2, 0) is 10.3 Å². The van der Waals surface area contributed by atoms with E-state index in [2.05, 4.69) is 0 Å². The smallest absolute Gasteiger partial charge is 0.110 e. The molecule has 0 aliphatic heterocycles. The molecule has 2 nitrogen and oxygen atoms in total. The normalized spacial score (nSPS) is 15.3. The van der Waals surface area contributed by atoms with Crippen molar-refractivity contribution in [3.63, 3.8) is 0 Å². The molecule has 0 amide bonds. The Balaban J connectivity index is 2.76. The summed E-state index contributed by atoms with van der Waals surface area (Å²) >= 11 is 5.86. The second kappa shape index (κ2) is 4.97. The van der Waals surface area contributed by atoms with Crippen LogP contribution in [0.5, 0.6) is 0 Å². The Hall–Kier alpha value is -0.570. The van der Waals surface area contributed by atoms with Crippen LogP contribution in [0.1, 0.15) is 26.3 Å². The lowest BCUT2D eigenvalue weighted by atomic mass is 9.97. The molecular formula is C12H17ClO2. The van der Waals surface area contributed by atoms with E-state index in [9.17, 15) is 5.11 Å². The lowest BCUT2D eigenvalue weighted by Gasteiger charge is -2.25. The third-order valence-electron chi connectivity index (χ3n) is 2.14. The van der Waals surface area contributed by atoms with Crippen molar-refractivity contribution in [2.75, 3.05) is 6.61 Å². The maximum atomic E-state index is 10.2. The largest absolute Gasteiger partial charge is 0.383 e. The van der Waals surface area contributed by atoms with Crippen molar-refractivity contribution in [3.8, 4) is 0 Å². The predicted molar refractivity (Wildman–Crippen MR) is 62.1 cm³/mol. The fourth-order valence-corrected chi connectivity index (χ4v) is 1.43. The predicted octanol–water partition coefficient (Wildman–Crippen LogP) is 2.97. The van der Waals surface area contributed by atoms with E-state index in [1.807, 2.05) is 26.0 Å². The molecule has 0 aromatic heterocycles. The number of rotatable bonds is 4. The van der Waals surface area contributed by atoms with Crippen LogP contribution < -0.4 is 0 Å². The van der Waals surface area contributed by atoms with E-state index in [-0.39, 0.29) is 12.7 Å². The Morgan fingerprint density at radius 2 is 2.13 bits per heavy atom. The van der Waals surface area contributed by atoms with Gasteiger partial charge < -0.3 is 9.84 Å². The van der Waals surface area contributed by atoms with E-state index in [0.717, 1.165) is 5.56 Å². The summed E-state index contributed by atoms with van der Waals surface area (Å²) < 4.78 is 5.41. The highest BCUT2D eigenvalue weighted by Crippen LogP contribution is 2.24. The van der Waals surface area contributed by atoms with Gasteiger partial charge in [-0.15, -0.1) is 0 Å². The van der Waals surface area contributed by atoms with Crippen LogP contribution in [0.15, 0.2) is 24.3 Å². The van der Waals surface area contributed by atoms with Gasteiger partial charge in [-0.3, -0.25) is 0 Å². The summed E-state index contributed by atoms with van der Waals surface area (Å²) in [7, 11) is 0. The van der Waals surface area contributed by atoms with Crippen molar-refractivity contribution in [1.82, 2.24) is 0 Å². The van der Waals surface area contributed by atoms with Crippen molar-refractivity contribution in [2.24, 2.45) is 0 Å². The van der Waals surface area contributed by atoms with Gasteiger partial charge in [0.15, 0.2) is 0 Å². The molecular weight excluding hydrogens is 212 g/mol. The molecule has 0 aliphatic rings. The van der Waals surface area contributed by atoms with Crippen LogP contribution in [0, 0.1) is 0 Å². The number of hydrogen-bond donors (Lipinski definition) is 1. The highest BCUT2D eigenvalue weighted by atomic mass is 35.5. The third kappa shape index (κ3) is 3.82. The molecule has 0 fully saturated rings. The average Bonchev–Trinajstić information content (AvgIpc) is 2.15. The molecule has 1 atom stereocenters. The zero-order valence-corrected chi connectivity index (χ0v) is 10.1. The Kier molecular flexibility index (Phi) is 4.14. The van der Waals surface area contributed by atoms with Crippen molar-refractivity contribution < 1.29 is 9.84 Å². The molecule has 0 spiro atoms. The molecule has 1 aromatic rings. The first kappa shape index (κ1) is 12.5. The van der Waals surface area contributed by atoms with Gasteiger partial charge in [0.1, 0.15) is 5.60 Å². The number of aliphatic hydroxyl groups is 1. The summed E-state index contributed by atoms with van der Waals surface area (Å²) in [5.74, 6) is 0. The number of hydrogen-bond acceptors (Lipinski definition) is 2. The molecule has 0 radical (unpaired) electrons. The summed E-state index contributed by atoms with van der Waals surface area (Å²) in [5.41, 5.74) is -0.217. The Morgan fingerprint density at radius 1 is 1.47 bits per heavy atom. The van der Waals surface area contributed by atoms with E-state index in [4.69, 9.17) is 16.3 Å². The Labute approximate surface area is 95.8 Å². The van der Waals surface area contributed by atoms with E-state index in [0.29, 0.717) is 5.02 Å². The van der Waals surface area contributed by atoms with Crippen molar-refractivity contribution in [1.29, 1.82) is 0 Å². The van der Waals surface area contributed by atoms with Gasteiger partial charge in [-0.05, 0) is 38.5 Å². The highest BCUT2D eigenvalue weighted by molar-refractivity contribution is 6.30. The summed E-state index contributed by atoms with van der Waals surface area (Å²) in [6.45, 7) is 5.87. The molecule has 0 saturated heterocycles. The summed E-state index contributed by atoms with van der Waals surface area (Å²) in [5, 5.41) is 10.8. The van der Waals surface area contributed by atoms with E-state index in [1.54, 1.807) is 19.1 Å². The van der Waals surface area contributed by atoms with Crippen molar-refractivity contribution in [2.45, 2.75) is 32.5 Å². The topological polar surface area (TPSA) is 29.5 Å². The van der Waals surface area contributed by atoms with E-state index in [1.165, 1.54) is 0 Å². The molecule has 0 bridgehead atoms. The fraction of sp³-hybridized carbons (Fsp3) is 0.500. The molecule has 3 heteroatoms. The van der Waals surface area contributed by atoms with Crippen LogP contribution in [0.25, 0.3) is 0 Å². The molecule has 0 aliphatic carbocycles. The lowest BCUT2D eigenvalue weighted by Crippen LogP contribution is -2.29. The third-order valence-corrected chi connectivity index (χ3v) is 2.38. The molecule has 1 rings (SSSR count). The quantitative estimate of drug-likeness (QED) is 0.859. The van der Waals surface area contributed by atoms with Crippen LogP contribution >= 0.6 is 11.6 Å². The maximum Gasteiger partial charge on any atom is 0.110 e. The lowest BCUT2D eigenvalue weighted by molar-refractivity contribution is -0.0574. The number of benzene rings is 1. The molecule has 1 N–H and O–H groups in total. The Bertz CT molecular complexity index is 321. The summed E-state index contributed by atoms with van der Waals surface area (Å²) in [6, 6.07) is 7.20. The molecule has 1 unspecified atom stereocenters. The molecule has 84 valence electrons. The standard InChI is InChI=1S/C12H17ClO2/c1-9(2)15-8-12(3,14)10-5-4-6-11(13)7-10/h4-7,9,14H,8H2,1-3H3. The highest BCUT2D eigenvalue weighted by Gasteiger charge is 2.23. The average molecular weight is 229 g/mol. The minimum atomic E-state index is -0.991. The summed E-state index contributed by atoms with van der Waals surface area (Å²) in [4.78, 5) is 0. The van der Waals surface area contributed by atoms with Gasteiger partial charge in [0.25, 0.3) is 0 Å². The van der Waals surface area contributed by atoms with Gasteiger partial charge in [-0.1, -0.05) is 23.7 Å². The van der Waals surface area contributed by atoms with E-state index < -0.39 is 5.60 Å². The maximum absolute atomic E-state index is 10.2. The first-order valence-electron chi connectivity index (χ1n) is 5.02. The van der Waals surface area contributed by atoms with Crippen LogP contribution in [0.2, 0.25) is 5.02 Å². The SMILES string of the molecule is CC(C)OCC(C)(O)c1cccc(Cl)c1. The van der Waals surface area contributed by atoms with Crippen LogP contribution in [-0.4, -0.2) is 17.8 Å². The fourth-order valence-electron chi connectivity index (χ4n) is 1.24. The first-order chi connectivity index (χ1) is 6.92. The minimum Gasteiger partial charge on any atom is -0.383 e. The van der Waals surface area contributed by atoms with Gasteiger partial charge in [0.05, 0.1) is 12.7 Å². The second-order valence-electron chi connectivity index (χ2n) is 4.14. The molecule has 1 aromatic carbocycles. The zero-order valence-electron chi connectivity index (χ0n) is 9.33. The second-order valence-corrected chi connectivity index (χ2v) is 4.58. The monoisotopic (exact) mass is 228 g/mol. The van der Waals surface area contributed by atoms with Gasteiger partial charge in [-0.25, -0.2) is 0 Å². The number of halogens is 1. The van der Waals surface area contributed by atoms with E-state index >= 15 is 0 Å². The van der Waals surface area contributed by atoms with Crippen molar-refractivity contribution in [3.05, 3.63) is 34.9 Å². The zero-order chi connectivity index (χ0) is 11.5.